The Balaban J connectivity index is 2.11. The Morgan fingerprint density at radius 3 is 2.55 bits per heavy atom. The molecule has 0 atom stereocenters. The lowest BCUT2D eigenvalue weighted by molar-refractivity contribution is 0.100. The van der Waals surface area contributed by atoms with Crippen molar-refractivity contribution in [2.75, 3.05) is 5.32 Å². The van der Waals surface area contributed by atoms with E-state index in [1.807, 2.05) is 0 Å². The van der Waals surface area contributed by atoms with Gasteiger partial charge in [0.15, 0.2) is 0 Å². The standard InChI is InChI=1S/C14H11Cl2FN2O/c15-9-3-8(4-10(17)5-9)7-19-11-1-2-12(14(18)20)13(16)6-11/h1-6,19H,7H2,(H2,18,20). The third-order valence-electron chi connectivity index (χ3n) is 2.65. The van der Waals surface area contributed by atoms with E-state index in [4.69, 9.17) is 28.9 Å². The zero-order valence-electron chi connectivity index (χ0n) is 10.3. The van der Waals surface area contributed by atoms with E-state index in [-0.39, 0.29) is 10.6 Å². The van der Waals surface area contributed by atoms with Gasteiger partial charge in [0.1, 0.15) is 5.82 Å². The molecular formula is C14H11Cl2FN2O. The van der Waals surface area contributed by atoms with E-state index in [2.05, 4.69) is 5.32 Å². The van der Waals surface area contributed by atoms with Gasteiger partial charge < -0.3 is 11.1 Å². The average Bonchev–Trinajstić information content (AvgIpc) is 2.35. The normalized spacial score (nSPS) is 10.3. The number of rotatable bonds is 4. The van der Waals surface area contributed by atoms with E-state index in [1.165, 1.54) is 18.2 Å². The van der Waals surface area contributed by atoms with Crippen molar-refractivity contribution in [2.24, 2.45) is 5.73 Å². The van der Waals surface area contributed by atoms with Gasteiger partial charge in [0.25, 0.3) is 0 Å². The van der Waals surface area contributed by atoms with Crippen molar-refractivity contribution in [3.8, 4) is 0 Å². The van der Waals surface area contributed by atoms with Gasteiger partial charge >= 0.3 is 0 Å². The molecule has 1 amide bonds. The van der Waals surface area contributed by atoms with Crippen molar-refractivity contribution in [3.63, 3.8) is 0 Å². The smallest absolute Gasteiger partial charge is 0.250 e. The molecule has 0 bridgehead atoms. The molecule has 0 aromatic heterocycles. The maximum atomic E-state index is 13.2. The molecule has 0 unspecified atom stereocenters. The first-order valence-corrected chi connectivity index (χ1v) is 6.49. The minimum Gasteiger partial charge on any atom is -0.381 e. The van der Waals surface area contributed by atoms with E-state index < -0.39 is 11.7 Å². The lowest BCUT2D eigenvalue weighted by Crippen LogP contribution is -2.11. The predicted molar refractivity (Wildman–Crippen MR) is 78.7 cm³/mol. The Kier molecular flexibility index (Phi) is 4.47. The van der Waals surface area contributed by atoms with Crippen LogP contribution >= 0.6 is 23.2 Å². The van der Waals surface area contributed by atoms with Crippen molar-refractivity contribution in [1.29, 1.82) is 0 Å². The lowest BCUT2D eigenvalue weighted by atomic mass is 10.2. The number of halogens is 3. The molecule has 3 N–H and O–H groups in total. The molecule has 0 radical (unpaired) electrons. The number of hydrogen-bond acceptors (Lipinski definition) is 2. The molecule has 104 valence electrons. The zero-order valence-corrected chi connectivity index (χ0v) is 11.8. The summed E-state index contributed by atoms with van der Waals surface area (Å²) in [6.45, 7) is 0.379. The molecule has 0 saturated heterocycles. The van der Waals surface area contributed by atoms with Crippen LogP contribution in [-0.4, -0.2) is 5.91 Å². The highest BCUT2D eigenvalue weighted by Crippen LogP contribution is 2.21. The second-order valence-corrected chi connectivity index (χ2v) is 5.03. The number of carbonyl (C=O) groups is 1. The number of amides is 1. The number of anilines is 1. The molecule has 3 nitrogen and oxygen atoms in total. The minimum absolute atomic E-state index is 0.256. The fourth-order valence-corrected chi connectivity index (χ4v) is 2.26. The molecule has 0 aliphatic carbocycles. The van der Waals surface area contributed by atoms with Gasteiger partial charge in [-0.25, -0.2) is 4.39 Å². The zero-order chi connectivity index (χ0) is 14.7. The van der Waals surface area contributed by atoms with Gasteiger partial charge in [0.05, 0.1) is 10.6 Å². The third-order valence-corrected chi connectivity index (χ3v) is 3.18. The molecule has 0 aliphatic rings. The molecule has 0 heterocycles. The Labute approximate surface area is 125 Å². The first-order chi connectivity index (χ1) is 9.45. The van der Waals surface area contributed by atoms with E-state index >= 15 is 0 Å². The van der Waals surface area contributed by atoms with Crippen LogP contribution in [0.3, 0.4) is 0 Å². The van der Waals surface area contributed by atoms with E-state index in [1.54, 1.807) is 18.2 Å². The average molecular weight is 313 g/mol. The van der Waals surface area contributed by atoms with Crippen molar-refractivity contribution in [1.82, 2.24) is 0 Å². The Bertz CT molecular complexity index is 641. The summed E-state index contributed by atoms with van der Waals surface area (Å²) in [5.41, 5.74) is 6.81. The second-order valence-electron chi connectivity index (χ2n) is 4.19. The molecule has 2 aromatic carbocycles. The number of carbonyl (C=O) groups excluding carboxylic acids is 1. The summed E-state index contributed by atoms with van der Waals surface area (Å²) in [6, 6.07) is 9.08. The van der Waals surface area contributed by atoms with Gasteiger partial charge in [-0.1, -0.05) is 23.2 Å². The fraction of sp³-hybridized carbons (Fsp3) is 0.0714. The summed E-state index contributed by atoms with van der Waals surface area (Å²) >= 11 is 11.7. The van der Waals surface area contributed by atoms with Crippen LogP contribution in [0, 0.1) is 5.82 Å². The van der Waals surface area contributed by atoms with Crippen LogP contribution in [0.1, 0.15) is 15.9 Å². The number of nitrogens with one attached hydrogen (secondary N) is 1. The van der Waals surface area contributed by atoms with E-state index in [0.717, 1.165) is 0 Å². The molecule has 6 heteroatoms. The van der Waals surface area contributed by atoms with Crippen molar-refractivity contribution >= 4 is 34.8 Å². The summed E-state index contributed by atoms with van der Waals surface area (Å²) < 4.78 is 13.2. The van der Waals surface area contributed by atoms with Crippen LogP contribution in [0.15, 0.2) is 36.4 Å². The first kappa shape index (κ1) is 14.6. The van der Waals surface area contributed by atoms with Crippen LogP contribution in [0.2, 0.25) is 10.0 Å². The van der Waals surface area contributed by atoms with Crippen LogP contribution < -0.4 is 11.1 Å². The summed E-state index contributed by atoms with van der Waals surface area (Å²) in [6.07, 6.45) is 0. The molecule has 20 heavy (non-hydrogen) atoms. The van der Waals surface area contributed by atoms with Gasteiger partial charge in [0.2, 0.25) is 5.91 Å². The maximum Gasteiger partial charge on any atom is 0.250 e. The second kappa shape index (κ2) is 6.11. The van der Waals surface area contributed by atoms with Gasteiger partial charge in [-0.2, -0.15) is 0 Å². The molecular weight excluding hydrogens is 302 g/mol. The Morgan fingerprint density at radius 2 is 1.95 bits per heavy atom. The highest BCUT2D eigenvalue weighted by Gasteiger charge is 2.07. The Morgan fingerprint density at radius 1 is 1.20 bits per heavy atom. The summed E-state index contributed by atoms with van der Waals surface area (Å²) in [5, 5.41) is 3.66. The number of hydrogen-bond donors (Lipinski definition) is 2. The van der Waals surface area contributed by atoms with Crippen LogP contribution in [0.4, 0.5) is 10.1 Å². The van der Waals surface area contributed by atoms with Crippen LogP contribution in [-0.2, 0) is 6.54 Å². The van der Waals surface area contributed by atoms with Gasteiger partial charge in [-0.3, -0.25) is 4.79 Å². The molecule has 2 rings (SSSR count). The fourth-order valence-electron chi connectivity index (χ4n) is 1.74. The van der Waals surface area contributed by atoms with E-state index in [9.17, 15) is 9.18 Å². The summed E-state index contributed by atoms with van der Waals surface area (Å²) in [4.78, 5) is 11.0. The maximum absolute atomic E-state index is 13.2. The van der Waals surface area contributed by atoms with Gasteiger partial charge in [0, 0.05) is 17.3 Å². The molecule has 0 spiro atoms. The van der Waals surface area contributed by atoms with Crippen molar-refractivity contribution in [2.45, 2.75) is 6.54 Å². The SMILES string of the molecule is NC(=O)c1ccc(NCc2cc(F)cc(Cl)c2)cc1Cl. The van der Waals surface area contributed by atoms with Crippen molar-refractivity contribution in [3.05, 3.63) is 63.4 Å². The van der Waals surface area contributed by atoms with Gasteiger partial charge in [-0.05, 0) is 42.0 Å². The van der Waals surface area contributed by atoms with E-state index in [0.29, 0.717) is 22.8 Å². The number of primary amides is 1. The minimum atomic E-state index is -0.585. The molecule has 0 fully saturated rings. The van der Waals surface area contributed by atoms with Crippen LogP contribution in [0.25, 0.3) is 0 Å². The highest BCUT2D eigenvalue weighted by molar-refractivity contribution is 6.34. The number of nitrogens with two attached hydrogens (primary N) is 1. The quantitative estimate of drug-likeness (QED) is 0.901. The Hall–Kier alpha value is -1.78. The molecule has 0 saturated carbocycles. The topological polar surface area (TPSA) is 55.1 Å². The molecule has 0 aliphatic heterocycles. The highest BCUT2D eigenvalue weighted by atomic mass is 35.5. The van der Waals surface area contributed by atoms with Gasteiger partial charge in [-0.15, -0.1) is 0 Å². The first-order valence-electron chi connectivity index (χ1n) is 5.74. The largest absolute Gasteiger partial charge is 0.381 e. The number of benzene rings is 2. The molecule has 2 aromatic rings. The summed E-state index contributed by atoms with van der Waals surface area (Å²) in [5.74, 6) is -0.977. The lowest BCUT2D eigenvalue weighted by Gasteiger charge is -2.09. The van der Waals surface area contributed by atoms with Crippen molar-refractivity contribution < 1.29 is 9.18 Å². The monoisotopic (exact) mass is 312 g/mol. The van der Waals surface area contributed by atoms with Crippen LogP contribution in [0.5, 0.6) is 0 Å². The predicted octanol–water partition coefficient (Wildman–Crippen LogP) is 3.84. The summed E-state index contributed by atoms with van der Waals surface area (Å²) in [7, 11) is 0. The third kappa shape index (κ3) is 3.62.